The van der Waals surface area contributed by atoms with Gasteiger partial charge in [0.2, 0.25) is 5.69 Å². The van der Waals surface area contributed by atoms with E-state index in [2.05, 4.69) is 184 Å². The number of hydrogen-bond donors (Lipinski definition) is 0. The van der Waals surface area contributed by atoms with Crippen molar-refractivity contribution in [3.05, 3.63) is 152 Å². The number of rotatable bonds is 10. The predicted octanol–water partition coefficient (Wildman–Crippen LogP) is 8.10. The van der Waals surface area contributed by atoms with Crippen LogP contribution in [0.2, 0.25) is 0 Å². The summed E-state index contributed by atoms with van der Waals surface area (Å²) >= 11 is 7.49. The highest BCUT2D eigenvalue weighted by Crippen LogP contribution is 2.49. The van der Waals surface area contributed by atoms with Crippen LogP contribution >= 0.6 is 31.9 Å². The third-order valence-corrected chi connectivity index (χ3v) is 10.6. The van der Waals surface area contributed by atoms with E-state index >= 15 is 0 Å². The van der Waals surface area contributed by atoms with Crippen molar-refractivity contribution in [2.24, 2.45) is 0 Å². The Labute approximate surface area is 303 Å². The van der Waals surface area contributed by atoms with E-state index in [1.807, 2.05) is 0 Å². The van der Waals surface area contributed by atoms with Crippen molar-refractivity contribution in [1.82, 2.24) is 0 Å². The average molecular weight is 804 g/mol. The first-order chi connectivity index (χ1) is 21.7. The SMILES string of the molecule is CC1(C)C(=CC=CC2=[N+](CCCc3ccccc3)c3ccc(Br)cc3C2(C)C)N(CCCc2ccccc2)c2ccc(Br)cc21.[Br-]. The van der Waals surface area contributed by atoms with Gasteiger partial charge in [-0.15, -0.1) is 0 Å². The molecule has 0 aromatic heterocycles. The van der Waals surface area contributed by atoms with Crippen LogP contribution < -0.4 is 21.9 Å². The molecule has 0 N–H and O–H groups in total. The lowest BCUT2D eigenvalue weighted by Crippen LogP contribution is -3.00. The van der Waals surface area contributed by atoms with Crippen LogP contribution in [0.3, 0.4) is 0 Å². The van der Waals surface area contributed by atoms with Gasteiger partial charge in [-0.3, -0.25) is 0 Å². The number of hydrogen-bond acceptors (Lipinski definition) is 1. The third-order valence-electron chi connectivity index (χ3n) is 9.60. The Morgan fingerprint density at radius 2 is 1.28 bits per heavy atom. The summed E-state index contributed by atoms with van der Waals surface area (Å²) in [6, 6.07) is 35.2. The Hall–Kier alpha value is -2.73. The van der Waals surface area contributed by atoms with E-state index in [1.54, 1.807) is 0 Å². The second kappa shape index (κ2) is 14.6. The number of aryl methyl sites for hydroxylation is 2. The van der Waals surface area contributed by atoms with Crippen LogP contribution in [0.25, 0.3) is 0 Å². The Balaban J connectivity index is 0.00000417. The molecule has 2 aliphatic rings. The summed E-state index contributed by atoms with van der Waals surface area (Å²) in [5, 5.41) is 0. The number of benzene rings is 4. The second-order valence-electron chi connectivity index (χ2n) is 13.4. The highest BCUT2D eigenvalue weighted by Gasteiger charge is 2.44. The van der Waals surface area contributed by atoms with Gasteiger partial charge in [0.15, 0.2) is 5.71 Å². The van der Waals surface area contributed by atoms with Crippen LogP contribution in [0.4, 0.5) is 11.4 Å². The molecular formula is C41H43Br3N2. The molecule has 4 aromatic rings. The van der Waals surface area contributed by atoms with E-state index in [9.17, 15) is 0 Å². The van der Waals surface area contributed by atoms with E-state index < -0.39 is 0 Å². The standard InChI is InChI=1S/C41H43Br2N2.BrH/c1-40(2)34-28-32(42)22-24-36(34)44(26-12-18-30-14-7-5-8-15-30)38(40)20-11-21-39-41(3,4)35-29-33(43)23-25-37(35)45(39)27-13-19-31-16-9-6-10-17-31;/h5-11,14-17,20-25,28-29H,12-13,18-19,26-27H2,1-4H3;1H/q+1;/p-1. The average Bonchev–Trinajstić information content (AvgIpc) is 3.36. The van der Waals surface area contributed by atoms with Crippen molar-refractivity contribution in [2.75, 3.05) is 18.0 Å². The van der Waals surface area contributed by atoms with E-state index in [1.165, 1.54) is 45.0 Å². The minimum Gasteiger partial charge on any atom is -1.00 e. The quantitative estimate of drug-likeness (QED) is 0.147. The normalized spacial score (nSPS) is 17.0. The van der Waals surface area contributed by atoms with Gasteiger partial charge in [-0.25, -0.2) is 0 Å². The fourth-order valence-corrected chi connectivity index (χ4v) is 7.90. The van der Waals surface area contributed by atoms with Crippen LogP contribution in [0.1, 0.15) is 62.8 Å². The maximum Gasteiger partial charge on any atom is 0.209 e. The van der Waals surface area contributed by atoms with Gasteiger partial charge in [-0.2, -0.15) is 4.58 Å². The first kappa shape index (κ1) is 34.6. The van der Waals surface area contributed by atoms with Crippen molar-refractivity contribution < 1.29 is 21.6 Å². The van der Waals surface area contributed by atoms with Crippen LogP contribution in [0, 0.1) is 0 Å². The topological polar surface area (TPSA) is 6.25 Å². The summed E-state index contributed by atoms with van der Waals surface area (Å²) in [5.74, 6) is 0. The third kappa shape index (κ3) is 7.07. The minimum absolute atomic E-state index is 0. The molecule has 0 aliphatic carbocycles. The molecule has 0 saturated heterocycles. The lowest BCUT2D eigenvalue weighted by atomic mass is 9.81. The van der Waals surface area contributed by atoms with Crippen molar-refractivity contribution in [2.45, 2.75) is 64.2 Å². The van der Waals surface area contributed by atoms with Gasteiger partial charge < -0.3 is 21.9 Å². The Morgan fingerprint density at radius 1 is 0.696 bits per heavy atom. The molecule has 0 unspecified atom stereocenters. The lowest BCUT2D eigenvalue weighted by Gasteiger charge is -2.27. The smallest absolute Gasteiger partial charge is 0.209 e. The van der Waals surface area contributed by atoms with Crippen LogP contribution in [0.15, 0.2) is 130 Å². The van der Waals surface area contributed by atoms with Crippen LogP contribution in [-0.4, -0.2) is 23.4 Å². The molecule has 0 atom stereocenters. The predicted molar refractivity (Wildman–Crippen MR) is 198 cm³/mol. The van der Waals surface area contributed by atoms with E-state index in [0.717, 1.165) is 47.7 Å². The highest BCUT2D eigenvalue weighted by atomic mass is 79.9. The van der Waals surface area contributed by atoms with Gasteiger partial charge in [0.1, 0.15) is 6.54 Å². The molecule has 46 heavy (non-hydrogen) atoms. The molecule has 0 amide bonds. The van der Waals surface area contributed by atoms with Crippen LogP contribution in [0.5, 0.6) is 0 Å². The van der Waals surface area contributed by atoms with E-state index in [-0.39, 0.29) is 27.8 Å². The zero-order valence-electron chi connectivity index (χ0n) is 27.2. The number of fused-ring (bicyclic) bond motifs is 2. The lowest BCUT2D eigenvalue weighted by molar-refractivity contribution is -0.438. The molecule has 2 nitrogen and oxygen atoms in total. The van der Waals surface area contributed by atoms with Gasteiger partial charge in [-0.1, -0.05) is 112 Å². The molecule has 0 radical (unpaired) electrons. The fourth-order valence-electron chi connectivity index (χ4n) is 7.18. The first-order valence-corrected chi connectivity index (χ1v) is 17.7. The summed E-state index contributed by atoms with van der Waals surface area (Å²) in [6.07, 6.45) is 11.4. The van der Waals surface area contributed by atoms with Crippen molar-refractivity contribution >= 4 is 48.9 Å². The van der Waals surface area contributed by atoms with Gasteiger partial charge in [0.05, 0.1) is 5.41 Å². The summed E-state index contributed by atoms with van der Waals surface area (Å²) in [7, 11) is 0. The Morgan fingerprint density at radius 3 is 1.93 bits per heavy atom. The van der Waals surface area contributed by atoms with Crippen LogP contribution in [-0.2, 0) is 23.7 Å². The Bertz CT molecular complexity index is 1770. The number of nitrogens with zero attached hydrogens (tertiary/aromatic N) is 2. The number of allylic oxidation sites excluding steroid dienone is 4. The zero-order chi connectivity index (χ0) is 31.6. The number of anilines is 1. The van der Waals surface area contributed by atoms with Gasteiger partial charge in [0.25, 0.3) is 0 Å². The van der Waals surface area contributed by atoms with Gasteiger partial charge >= 0.3 is 0 Å². The zero-order valence-corrected chi connectivity index (χ0v) is 32.0. The molecule has 6 rings (SSSR count). The monoisotopic (exact) mass is 800 g/mol. The molecule has 0 bridgehead atoms. The maximum atomic E-state index is 3.75. The van der Waals surface area contributed by atoms with E-state index in [4.69, 9.17) is 0 Å². The molecule has 2 aliphatic heterocycles. The van der Waals surface area contributed by atoms with Crippen molar-refractivity contribution in [1.29, 1.82) is 0 Å². The summed E-state index contributed by atoms with van der Waals surface area (Å²) < 4.78 is 4.82. The molecular weight excluding hydrogens is 760 g/mol. The molecule has 2 heterocycles. The summed E-state index contributed by atoms with van der Waals surface area (Å²) in [4.78, 5) is 2.56. The Kier molecular flexibility index (Phi) is 11.0. The molecule has 0 spiro atoms. The maximum absolute atomic E-state index is 3.75. The first-order valence-electron chi connectivity index (χ1n) is 16.2. The molecule has 238 valence electrons. The summed E-state index contributed by atoms with van der Waals surface area (Å²) in [6.45, 7) is 11.4. The number of halogens is 3. The largest absolute Gasteiger partial charge is 1.00 e. The van der Waals surface area contributed by atoms with Gasteiger partial charge in [-0.05, 0) is 86.2 Å². The summed E-state index contributed by atoms with van der Waals surface area (Å²) in [5.41, 5.74) is 10.7. The molecule has 5 heteroatoms. The minimum atomic E-state index is -0.102. The highest BCUT2D eigenvalue weighted by molar-refractivity contribution is 9.10. The molecule has 4 aromatic carbocycles. The fraction of sp³-hybridized carbons (Fsp3) is 0.293. The molecule has 0 saturated carbocycles. The van der Waals surface area contributed by atoms with Crippen molar-refractivity contribution in [3.63, 3.8) is 0 Å². The van der Waals surface area contributed by atoms with Crippen molar-refractivity contribution in [3.8, 4) is 0 Å². The van der Waals surface area contributed by atoms with E-state index in [0.29, 0.717) is 0 Å². The molecule has 0 fully saturated rings. The second-order valence-corrected chi connectivity index (χ2v) is 15.2. The van der Waals surface area contributed by atoms with Gasteiger partial charge in [0, 0.05) is 56.4 Å².